The summed E-state index contributed by atoms with van der Waals surface area (Å²) >= 11 is 13.4. The van der Waals surface area contributed by atoms with E-state index in [1.54, 1.807) is 48.5 Å². The van der Waals surface area contributed by atoms with Crippen LogP contribution in [0.1, 0.15) is 21.2 Å². The minimum atomic E-state index is -0.587. The fourth-order valence-corrected chi connectivity index (χ4v) is 4.60. The molecule has 0 aliphatic rings. The van der Waals surface area contributed by atoms with Crippen LogP contribution in [0.5, 0.6) is 0 Å². The van der Waals surface area contributed by atoms with Gasteiger partial charge in [0, 0.05) is 16.3 Å². The van der Waals surface area contributed by atoms with E-state index in [4.69, 9.17) is 23.2 Å². The van der Waals surface area contributed by atoms with E-state index in [-0.39, 0.29) is 11.5 Å². The van der Waals surface area contributed by atoms with Gasteiger partial charge in [-0.1, -0.05) is 65.7 Å². The number of hydrogen-bond donors (Lipinski definition) is 2. The third-order valence-corrected chi connectivity index (χ3v) is 7.02. The third kappa shape index (κ3) is 6.42. The smallest absolute Gasteiger partial charge is 0.258 e. The number of rotatable bonds is 7. The molecule has 1 atom stereocenters. The standard InChI is InChI=1S/C27H19Cl2FN2O2S/c28-22-15-12-19(16-23(22)29)32-27(34)25(17-6-2-1-3-7-17)35-20-13-10-18(11-14-20)31-26(33)21-8-4-5-9-24(21)30/h1-16,25H,(H,31,33)(H,32,34). The molecule has 4 aromatic carbocycles. The van der Waals surface area contributed by atoms with Crippen LogP contribution in [-0.2, 0) is 4.79 Å². The Kier molecular flexibility index (Phi) is 8.08. The molecule has 2 amide bonds. The van der Waals surface area contributed by atoms with Gasteiger partial charge in [0.25, 0.3) is 5.91 Å². The molecule has 1 unspecified atom stereocenters. The highest BCUT2D eigenvalue weighted by atomic mass is 35.5. The summed E-state index contributed by atoms with van der Waals surface area (Å²) in [5.74, 6) is -1.35. The first-order valence-corrected chi connectivity index (χ1v) is 12.2. The van der Waals surface area contributed by atoms with Crippen LogP contribution in [0.3, 0.4) is 0 Å². The average Bonchev–Trinajstić information content (AvgIpc) is 2.86. The Morgan fingerprint density at radius 3 is 2.09 bits per heavy atom. The predicted molar refractivity (Wildman–Crippen MR) is 141 cm³/mol. The summed E-state index contributed by atoms with van der Waals surface area (Å²) in [7, 11) is 0. The molecule has 0 bridgehead atoms. The van der Waals surface area contributed by atoms with Crippen molar-refractivity contribution in [3.8, 4) is 0 Å². The van der Waals surface area contributed by atoms with Crippen LogP contribution in [0.2, 0.25) is 10.0 Å². The van der Waals surface area contributed by atoms with Crippen molar-refractivity contribution < 1.29 is 14.0 Å². The van der Waals surface area contributed by atoms with Crippen molar-refractivity contribution in [2.45, 2.75) is 10.1 Å². The summed E-state index contributed by atoms with van der Waals surface area (Å²) in [6.07, 6.45) is 0. The SMILES string of the molecule is O=C(Nc1ccc(SC(C(=O)Nc2ccc(Cl)c(Cl)c2)c2ccccc2)cc1)c1ccccc1F. The van der Waals surface area contributed by atoms with Crippen molar-refractivity contribution in [1.29, 1.82) is 0 Å². The first-order chi connectivity index (χ1) is 16.9. The molecule has 0 radical (unpaired) electrons. The number of halogens is 3. The van der Waals surface area contributed by atoms with Crippen LogP contribution in [-0.4, -0.2) is 11.8 Å². The van der Waals surface area contributed by atoms with Gasteiger partial charge in [-0.3, -0.25) is 9.59 Å². The normalized spacial score (nSPS) is 11.5. The number of hydrogen-bond acceptors (Lipinski definition) is 3. The van der Waals surface area contributed by atoms with E-state index in [1.807, 2.05) is 30.3 Å². The molecule has 176 valence electrons. The van der Waals surface area contributed by atoms with Gasteiger partial charge in [0.15, 0.2) is 0 Å². The molecule has 0 fully saturated rings. The van der Waals surface area contributed by atoms with Crippen LogP contribution >= 0.6 is 35.0 Å². The summed E-state index contributed by atoms with van der Waals surface area (Å²) in [6.45, 7) is 0. The van der Waals surface area contributed by atoms with Gasteiger partial charge < -0.3 is 10.6 Å². The Labute approximate surface area is 216 Å². The Hall–Kier alpha value is -3.32. The number of amides is 2. The summed E-state index contributed by atoms with van der Waals surface area (Å²) in [6, 6.07) is 27.1. The molecule has 4 aromatic rings. The molecule has 0 aromatic heterocycles. The molecule has 0 aliphatic heterocycles. The van der Waals surface area contributed by atoms with Crippen LogP contribution in [0.25, 0.3) is 0 Å². The maximum atomic E-state index is 13.9. The Morgan fingerprint density at radius 1 is 0.743 bits per heavy atom. The van der Waals surface area contributed by atoms with Crippen molar-refractivity contribution in [3.63, 3.8) is 0 Å². The van der Waals surface area contributed by atoms with E-state index < -0.39 is 17.0 Å². The lowest BCUT2D eigenvalue weighted by Crippen LogP contribution is -2.19. The maximum absolute atomic E-state index is 13.9. The Balaban J connectivity index is 1.50. The van der Waals surface area contributed by atoms with Gasteiger partial charge in [0.05, 0.1) is 15.6 Å². The summed E-state index contributed by atoms with van der Waals surface area (Å²) in [4.78, 5) is 26.4. The van der Waals surface area contributed by atoms with Crippen molar-refractivity contribution in [3.05, 3.63) is 124 Å². The molecule has 4 nitrogen and oxygen atoms in total. The lowest BCUT2D eigenvalue weighted by Gasteiger charge is -2.18. The number of carbonyl (C=O) groups is 2. The molecule has 2 N–H and O–H groups in total. The minimum absolute atomic E-state index is 0.0333. The number of thioether (sulfide) groups is 1. The first kappa shape index (κ1) is 24.8. The van der Waals surface area contributed by atoms with E-state index in [0.29, 0.717) is 21.4 Å². The second-order valence-corrected chi connectivity index (χ2v) is 9.48. The molecule has 35 heavy (non-hydrogen) atoms. The van der Waals surface area contributed by atoms with Gasteiger partial charge in [-0.2, -0.15) is 0 Å². The largest absolute Gasteiger partial charge is 0.325 e. The molecule has 0 saturated carbocycles. The molecule has 0 aliphatic carbocycles. The van der Waals surface area contributed by atoms with Crippen molar-refractivity contribution in [1.82, 2.24) is 0 Å². The molecular formula is C27H19Cl2FN2O2S. The number of benzene rings is 4. The molecule has 0 heterocycles. The zero-order chi connectivity index (χ0) is 24.8. The van der Waals surface area contributed by atoms with E-state index in [2.05, 4.69) is 10.6 Å². The predicted octanol–water partition coefficient (Wildman–Crippen LogP) is 7.86. The third-order valence-electron chi connectivity index (χ3n) is 5.01. The monoisotopic (exact) mass is 524 g/mol. The summed E-state index contributed by atoms with van der Waals surface area (Å²) < 4.78 is 13.9. The van der Waals surface area contributed by atoms with Crippen LogP contribution < -0.4 is 10.6 Å². The maximum Gasteiger partial charge on any atom is 0.258 e. The lowest BCUT2D eigenvalue weighted by atomic mass is 10.1. The van der Waals surface area contributed by atoms with Crippen LogP contribution in [0.4, 0.5) is 15.8 Å². The average molecular weight is 525 g/mol. The first-order valence-electron chi connectivity index (χ1n) is 10.5. The molecule has 4 rings (SSSR count). The molecule has 0 spiro atoms. The highest BCUT2D eigenvalue weighted by Crippen LogP contribution is 2.37. The molecule has 8 heteroatoms. The fraction of sp³-hybridized carbons (Fsp3) is 0.0370. The molecule has 0 saturated heterocycles. The van der Waals surface area contributed by atoms with Gasteiger partial charge >= 0.3 is 0 Å². The highest BCUT2D eigenvalue weighted by Gasteiger charge is 2.22. The lowest BCUT2D eigenvalue weighted by molar-refractivity contribution is -0.115. The second-order valence-electron chi connectivity index (χ2n) is 7.49. The van der Waals surface area contributed by atoms with Crippen molar-refractivity contribution in [2.24, 2.45) is 0 Å². The van der Waals surface area contributed by atoms with Gasteiger partial charge in [-0.05, 0) is 60.2 Å². The van der Waals surface area contributed by atoms with Crippen molar-refractivity contribution >= 4 is 58.2 Å². The number of carbonyl (C=O) groups excluding carboxylic acids is 2. The Bertz CT molecular complexity index is 1350. The quantitative estimate of drug-likeness (QED) is 0.242. The minimum Gasteiger partial charge on any atom is -0.325 e. The fourth-order valence-electron chi connectivity index (χ4n) is 3.28. The number of anilines is 2. The zero-order valence-electron chi connectivity index (χ0n) is 18.2. The zero-order valence-corrected chi connectivity index (χ0v) is 20.5. The van der Waals surface area contributed by atoms with Gasteiger partial charge in [-0.25, -0.2) is 4.39 Å². The van der Waals surface area contributed by atoms with Crippen LogP contribution in [0.15, 0.2) is 102 Å². The van der Waals surface area contributed by atoms with Gasteiger partial charge in [0.1, 0.15) is 11.1 Å². The highest BCUT2D eigenvalue weighted by molar-refractivity contribution is 8.00. The topological polar surface area (TPSA) is 58.2 Å². The summed E-state index contributed by atoms with van der Waals surface area (Å²) in [5.41, 5.74) is 1.84. The van der Waals surface area contributed by atoms with E-state index in [0.717, 1.165) is 10.5 Å². The van der Waals surface area contributed by atoms with E-state index in [1.165, 1.54) is 30.0 Å². The van der Waals surface area contributed by atoms with Gasteiger partial charge in [-0.15, -0.1) is 11.8 Å². The van der Waals surface area contributed by atoms with E-state index in [9.17, 15) is 14.0 Å². The second kappa shape index (κ2) is 11.4. The van der Waals surface area contributed by atoms with Crippen molar-refractivity contribution in [2.75, 3.05) is 10.6 Å². The van der Waals surface area contributed by atoms with Crippen LogP contribution in [0, 0.1) is 5.82 Å². The number of nitrogens with one attached hydrogen (secondary N) is 2. The van der Waals surface area contributed by atoms with E-state index >= 15 is 0 Å². The molecular weight excluding hydrogens is 506 g/mol. The Morgan fingerprint density at radius 2 is 1.40 bits per heavy atom. The van der Waals surface area contributed by atoms with Gasteiger partial charge in [0.2, 0.25) is 5.91 Å². The summed E-state index contributed by atoms with van der Waals surface area (Å²) in [5, 5.41) is 5.78.